The Bertz CT molecular complexity index is 1360. The zero-order valence-corrected chi connectivity index (χ0v) is 21.0. The van der Waals surface area contributed by atoms with Crippen LogP contribution in [0.3, 0.4) is 0 Å². The number of benzene rings is 3. The number of aryl methyl sites for hydroxylation is 1. The number of carbonyl (C=O) groups excluding carboxylic acids is 2. The van der Waals surface area contributed by atoms with Crippen molar-refractivity contribution in [3.05, 3.63) is 94.5 Å². The van der Waals surface area contributed by atoms with Gasteiger partial charge >= 0.3 is 12.3 Å². The van der Waals surface area contributed by atoms with Crippen molar-refractivity contribution >= 4 is 11.9 Å². The lowest BCUT2D eigenvalue weighted by Crippen LogP contribution is -2.48. The van der Waals surface area contributed by atoms with E-state index in [4.69, 9.17) is 4.74 Å². The monoisotopic (exact) mass is 519 g/mol. The standard InChI is InChI=1S/C31H28F3NO3/c1-18-10-11-19(16-28(18)31(32,33)34)29(36)20-14-21-12-13-22(15-20)35(21)30(37)38-17-27-25-8-4-2-6-23(25)24-7-3-5-9-26(24)27/h2-11,16,20-22,27H,12-15,17H2,1H3. The van der Waals surface area contributed by atoms with Crippen molar-refractivity contribution < 1.29 is 27.5 Å². The van der Waals surface area contributed by atoms with E-state index in [9.17, 15) is 22.8 Å². The van der Waals surface area contributed by atoms with Crippen LogP contribution in [-0.4, -0.2) is 35.5 Å². The number of rotatable bonds is 4. The molecule has 4 nitrogen and oxygen atoms in total. The minimum Gasteiger partial charge on any atom is -0.448 e. The summed E-state index contributed by atoms with van der Waals surface area (Å²) in [6.45, 7) is 1.62. The molecule has 0 N–H and O–H groups in total. The van der Waals surface area contributed by atoms with Crippen LogP contribution in [0.5, 0.6) is 0 Å². The Kier molecular flexibility index (Phi) is 6.04. The molecule has 0 saturated carbocycles. The zero-order valence-electron chi connectivity index (χ0n) is 21.0. The van der Waals surface area contributed by atoms with Gasteiger partial charge in [0.15, 0.2) is 5.78 Å². The van der Waals surface area contributed by atoms with Gasteiger partial charge in [0, 0.05) is 29.5 Å². The summed E-state index contributed by atoms with van der Waals surface area (Å²) >= 11 is 0. The van der Waals surface area contributed by atoms with Crippen LogP contribution in [0.15, 0.2) is 66.7 Å². The molecule has 38 heavy (non-hydrogen) atoms. The molecule has 2 heterocycles. The predicted molar refractivity (Wildman–Crippen MR) is 137 cm³/mol. The number of ether oxygens (including phenoxy) is 1. The first-order valence-corrected chi connectivity index (χ1v) is 13.1. The van der Waals surface area contributed by atoms with Crippen molar-refractivity contribution in [1.82, 2.24) is 4.90 Å². The number of ketones is 1. The van der Waals surface area contributed by atoms with Crippen molar-refractivity contribution in [2.75, 3.05) is 6.61 Å². The second-order valence-electron chi connectivity index (χ2n) is 10.7. The molecule has 1 amide bonds. The highest BCUT2D eigenvalue weighted by Crippen LogP contribution is 2.45. The third-order valence-corrected chi connectivity index (χ3v) is 8.48. The van der Waals surface area contributed by atoms with Crippen molar-refractivity contribution in [2.24, 2.45) is 5.92 Å². The van der Waals surface area contributed by atoms with Crippen LogP contribution in [0.4, 0.5) is 18.0 Å². The van der Waals surface area contributed by atoms with Gasteiger partial charge in [0.2, 0.25) is 0 Å². The first-order chi connectivity index (χ1) is 18.2. The van der Waals surface area contributed by atoms with Gasteiger partial charge in [0.25, 0.3) is 0 Å². The summed E-state index contributed by atoms with van der Waals surface area (Å²) in [6, 6.07) is 19.8. The molecule has 2 aliphatic heterocycles. The van der Waals surface area contributed by atoms with Gasteiger partial charge in [-0.1, -0.05) is 60.7 Å². The lowest BCUT2D eigenvalue weighted by Gasteiger charge is -2.37. The van der Waals surface area contributed by atoms with Crippen LogP contribution in [0.25, 0.3) is 11.1 Å². The lowest BCUT2D eigenvalue weighted by atomic mass is 9.84. The molecule has 3 aliphatic rings. The van der Waals surface area contributed by atoms with E-state index in [2.05, 4.69) is 24.3 Å². The maximum atomic E-state index is 13.4. The SMILES string of the molecule is Cc1ccc(C(=O)C2CC3CCC(C2)N3C(=O)OCC2c3ccccc3-c3ccccc32)cc1C(F)(F)F. The van der Waals surface area contributed by atoms with Gasteiger partial charge in [-0.25, -0.2) is 4.79 Å². The third kappa shape index (κ3) is 4.18. The molecule has 3 aromatic rings. The van der Waals surface area contributed by atoms with Gasteiger partial charge in [0.1, 0.15) is 6.61 Å². The maximum absolute atomic E-state index is 13.4. The van der Waals surface area contributed by atoms with Crippen LogP contribution >= 0.6 is 0 Å². The fourth-order valence-corrected chi connectivity index (χ4v) is 6.67. The molecule has 7 heteroatoms. The molecule has 2 bridgehead atoms. The fraction of sp³-hybridized carbons (Fsp3) is 0.355. The van der Waals surface area contributed by atoms with Crippen molar-refractivity contribution in [3.63, 3.8) is 0 Å². The van der Waals surface area contributed by atoms with E-state index < -0.39 is 17.7 Å². The highest BCUT2D eigenvalue weighted by molar-refractivity contribution is 5.98. The summed E-state index contributed by atoms with van der Waals surface area (Å²) in [5, 5.41) is 0. The molecule has 0 aromatic heterocycles. The minimum atomic E-state index is -4.51. The van der Waals surface area contributed by atoms with Crippen LogP contribution < -0.4 is 0 Å². The van der Waals surface area contributed by atoms with E-state index in [1.54, 1.807) is 4.90 Å². The summed E-state index contributed by atoms with van der Waals surface area (Å²) in [4.78, 5) is 28.3. The highest BCUT2D eigenvalue weighted by Gasteiger charge is 2.46. The minimum absolute atomic E-state index is 0.0347. The summed E-state index contributed by atoms with van der Waals surface area (Å²) in [5.74, 6) is -0.721. The second-order valence-corrected chi connectivity index (χ2v) is 10.7. The Morgan fingerprint density at radius 1 is 0.895 bits per heavy atom. The Hall–Kier alpha value is -3.61. The van der Waals surface area contributed by atoms with Gasteiger partial charge in [0.05, 0.1) is 5.56 Å². The number of hydrogen-bond acceptors (Lipinski definition) is 3. The van der Waals surface area contributed by atoms with E-state index in [0.29, 0.717) is 12.8 Å². The van der Waals surface area contributed by atoms with Gasteiger partial charge in [-0.2, -0.15) is 13.2 Å². The average molecular weight is 520 g/mol. The predicted octanol–water partition coefficient (Wildman–Crippen LogP) is 7.39. The number of halogens is 3. The van der Waals surface area contributed by atoms with Gasteiger partial charge < -0.3 is 9.64 Å². The van der Waals surface area contributed by atoms with Crippen LogP contribution in [0.1, 0.15) is 64.2 Å². The van der Waals surface area contributed by atoms with E-state index in [1.165, 1.54) is 19.1 Å². The number of amides is 1. The van der Waals surface area contributed by atoms with Gasteiger partial charge in [-0.3, -0.25) is 4.79 Å². The van der Waals surface area contributed by atoms with Crippen molar-refractivity contribution in [2.45, 2.75) is 56.8 Å². The molecule has 0 spiro atoms. The normalized spacial score (nSPS) is 22.2. The molecule has 196 valence electrons. The first kappa shape index (κ1) is 24.7. The lowest BCUT2D eigenvalue weighted by molar-refractivity contribution is -0.138. The maximum Gasteiger partial charge on any atom is 0.416 e. The Morgan fingerprint density at radius 3 is 2.05 bits per heavy atom. The molecule has 2 atom stereocenters. The van der Waals surface area contributed by atoms with Crippen LogP contribution in [0.2, 0.25) is 0 Å². The molecular formula is C31H28F3NO3. The third-order valence-electron chi connectivity index (χ3n) is 8.48. The van der Waals surface area contributed by atoms with E-state index >= 15 is 0 Å². The fourth-order valence-electron chi connectivity index (χ4n) is 6.67. The largest absolute Gasteiger partial charge is 0.448 e. The Morgan fingerprint density at radius 2 is 1.47 bits per heavy atom. The van der Waals surface area contributed by atoms with Crippen molar-refractivity contribution in [1.29, 1.82) is 0 Å². The van der Waals surface area contributed by atoms with Gasteiger partial charge in [-0.05, 0) is 66.5 Å². The summed E-state index contributed by atoms with van der Waals surface area (Å²) in [7, 11) is 0. The number of fused-ring (bicyclic) bond motifs is 5. The summed E-state index contributed by atoms with van der Waals surface area (Å²) in [5.41, 5.74) is 4.01. The quantitative estimate of drug-likeness (QED) is 0.338. The molecule has 6 rings (SSSR count). The number of piperidine rings is 1. The number of carbonyl (C=O) groups is 2. The number of alkyl halides is 3. The van der Waals surface area contributed by atoms with Gasteiger partial charge in [-0.15, -0.1) is 0 Å². The molecule has 3 aromatic carbocycles. The molecule has 2 fully saturated rings. The molecule has 0 radical (unpaired) electrons. The Balaban J connectivity index is 1.14. The van der Waals surface area contributed by atoms with E-state index in [1.807, 2.05) is 24.3 Å². The number of nitrogens with zero attached hydrogens (tertiary/aromatic N) is 1. The number of Topliss-reactive ketones (excluding diaryl/α,β-unsaturated/α-hetero) is 1. The highest BCUT2D eigenvalue weighted by atomic mass is 19.4. The van der Waals surface area contributed by atoms with Crippen LogP contribution in [0, 0.1) is 12.8 Å². The summed E-state index contributed by atoms with van der Waals surface area (Å²) < 4.78 is 46.0. The van der Waals surface area contributed by atoms with Crippen molar-refractivity contribution in [3.8, 4) is 11.1 Å². The smallest absolute Gasteiger partial charge is 0.416 e. The van der Waals surface area contributed by atoms with E-state index in [0.717, 1.165) is 41.2 Å². The van der Waals surface area contributed by atoms with E-state index in [-0.39, 0.29) is 47.6 Å². The zero-order chi connectivity index (χ0) is 26.6. The topological polar surface area (TPSA) is 46.6 Å². The first-order valence-electron chi connectivity index (χ1n) is 13.1. The number of hydrogen-bond donors (Lipinski definition) is 0. The summed E-state index contributed by atoms with van der Waals surface area (Å²) in [6.07, 6.45) is -2.48. The molecule has 1 aliphatic carbocycles. The second kappa shape index (κ2) is 9.29. The molecule has 2 saturated heterocycles. The van der Waals surface area contributed by atoms with Crippen LogP contribution in [-0.2, 0) is 10.9 Å². The molecule has 2 unspecified atom stereocenters. The molecular weight excluding hydrogens is 491 g/mol. The Labute approximate surface area is 219 Å². The average Bonchev–Trinajstić information content (AvgIpc) is 3.37.